The number of nitrogens with zero attached hydrogens (tertiary/aromatic N) is 3. The molecule has 1 aliphatic rings. The van der Waals surface area contributed by atoms with Gasteiger partial charge in [-0.15, -0.1) is 21.5 Å². The number of nitrogens with one attached hydrogen (secondary N) is 2. The van der Waals surface area contributed by atoms with Crippen LogP contribution in [0.25, 0.3) is 26.8 Å². The maximum atomic E-state index is 11.6. The molecule has 0 atom stereocenters. The van der Waals surface area contributed by atoms with Gasteiger partial charge in [0.05, 0.1) is 22.2 Å². The average molecular weight is 452 g/mol. The molecule has 2 aromatic carbocycles. The summed E-state index contributed by atoms with van der Waals surface area (Å²) in [4.78, 5) is 13.8. The summed E-state index contributed by atoms with van der Waals surface area (Å²) in [5, 5.41) is 14.5. The van der Waals surface area contributed by atoms with E-state index in [0.29, 0.717) is 17.3 Å². The summed E-state index contributed by atoms with van der Waals surface area (Å²) in [6.07, 6.45) is 2.45. The van der Waals surface area contributed by atoms with Crippen LogP contribution in [-0.2, 0) is 6.42 Å². The second kappa shape index (κ2) is 8.05. The first-order valence-corrected chi connectivity index (χ1v) is 10.9. The van der Waals surface area contributed by atoms with Crippen LogP contribution >= 0.6 is 22.9 Å². The van der Waals surface area contributed by atoms with Gasteiger partial charge in [-0.3, -0.25) is 4.57 Å². The van der Waals surface area contributed by atoms with E-state index in [9.17, 15) is 4.79 Å². The number of fused-ring (bicyclic) bond motifs is 3. The lowest BCUT2D eigenvalue weighted by atomic mass is 10.1. The zero-order valence-corrected chi connectivity index (χ0v) is 18.1. The van der Waals surface area contributed by atoms with Gasteiger partial charge in [-0.1, -0.05) is 23.7 Å². The molecule has 4 aromatic rings. The molecule has 1 aliphatic heterocycles. The Kier molecular flexibility index (Phi) is 5.09. The van der Waals surface area contributed by atoms with E-state index in [0.717, 1.165) is 39.0 Å². The summed E-state index contributed by atoms with van der Waals surface area (Å²) >= 11 is 8.04. The van der Waals surface area contributed by atoms with Crippen LogP contribution in [0.1, 0.15) is 5.56 Å². The molecule has 31 heavy (non-hydrogen) atoms. The lowest BCUT2D eigenvalue weighted by Gasteiger charge is -2.11. The van der Waals surface area contributed by atoms with Crippen LogP contribution in [0.2, 0.25) is 5.02 Å². The predicted octanol–water partition coefficient (Wildman–Crippen LogP) is 5.00. The largest absolute Gasteiger partial charge is 0.492 e. The molecule has 0 saturated carbocycles. The maximum absolute atomic E-state index is 11.6. The number of ether oxygens (including phenoxy) is 1. The molecule has 0 bridgehead atoms. The van der Waals surface area contributed by atoms with E-state index in [2.05, 4.69) is 26.9 Å². The van der Waals surface area contributed by atoms with Gasteiger partial charge in [0, 0.05) is 35.7 Å². The Morgan fingerprint density at radius 1 is 1.23 bits per heavy atom. The molecule has 0 saturated heterocycles. The number of para-hydroxylation sites is 1. The number of halogens is 1. The molecule has 7 nitrogen and oxygen atoms in total. The lowest BCUT2D eigenvalue weighted by molar-refractivity contribution is 0.254. The molecule has 0 radical (unpaired) electrons. The summed E-state index contributed by atoms with van der Waals surface area (Å²) in [6.45, 7) is 0.552. The van der Waals surface area contributed by atoms with Gasteiger partial charge in [-0.05, 0) is 35.9 Å². The van der Waals surface area contributed by atoms with Crippen molar-refractivity contribution in [3.05, 3.63) is 65.4 Å². The molecule has 2 N–H and O–H groups in total. The fourth-order valence-electron chi connectivity index (χ4n) is 3.55. The molecular formula is C22H18ClN5O2S. The van der Waals surface area contributed by atoms with E-state index in [1.54, 1.807) is 24.7 Å². The van der Waals surface area contributed by atoms with Crippen molar-refractivity contribution >= 4 is 34.7 Å². The first kappa shape index (κ1) is 19.6. The molecule has 0 fully saturated rings. The Morgan fingerprint density at radius 3 is 2.94 bits per heavy atom. The number of benzene rings is 2. The summed E-state index contributed by atoms with van der Waals surface area (Å²) < 4.78 is 7.87. The van der Waals surface area contributed by atoms with E-state index in [-0.39, 0.29) is 6.03 Å². The number of anilines is 1. The fraction of sp³-hybridized carbons (Fsp3) is 0.136. The number of rotatable bonds is 3. The Balaban J connectivity index is 1.56. The van der Waals surface area contributed by atoms with Crippen LogP contribution < -0.4 is 15.4 Å². The van der Waals surface area contributed by atoms with Crippen LogP contribution in [0.5, 0.6) is 5.75 Å². The summed E-state index contributed by atoms with van der Waals surface area (Å²) in [5.74, 6) is 1.49. The van der Waals surface area contributed by atoms with Crippen molar-refractivity contribution < 1.29 is 9.53 Å². The quantitative estimate of drug-likeness (QED) is 0.459. The highest BCUT2D eigenvalue weighted by Gasteiger charge is 2.22. The molecule has 9 heteroatoms. The molecular weight excluding hydrogens is 434 g/mol. The first-order chi connectivity index (χ1) is 15.1. The molecule has 2 aromatic heterocycles. The second-order valence-electron chi connectivity index (χ2n) is 6.95. The number of hydrogen-bond donors (Lipinski definition) is 2. The summed E-state index contributed by atoms with van der Waals surface area (Å²) in [7, 11) is 1.58. The van der Waals surface area contributed by atoms with Crippen molar-refractivity contribution in [3.63, 3.8) is 0 Å². The van der Waals surface area contributed by atoms with Gasteiger partial charge >= 0.3 is 6.03 Å². The highest BCUT2D eigenvalue weighted by atomic mass is 35.5. The topological polar surface area (TPSA) is 81.1 Å². The predicted molar refractivity (Wildman–Crippen MR) is 122 cm³/mol. The number of urea groups is 1. The SMILES string of the molecule is CNC(=O)Nc1ccc2c(c1)OCCc1cc(-c3nncn3-c3ccccc3Cl)sc1-2. The first-order valence-electron chi connectivity index (χ1n) is 9.68. The highest BCUT2D eigenvalue weighted by molar-refractivity contribution is 7.19. The Labute approximate surface area is 187 Å². The lowest BCUT2D eigenvalue weighted by Crippen LogP contribution is -2.24. The van der Waals surface area contributed by atoms with Crippen LogP contribution in [0.15, 0.2) is 54.9 Å². The van der Waals surface area contributed by atoms with E-state index in [1.807, 2.05) is 47.0 Å². The second-order valence-corrected chi connectivity index (χ2v) is 8.41. The third-order valence-electron chi connectivity index (χ3n) is 5.03. The average Bonchev–Trinajstić information content (AvgIpc) is 3.38. The molecule has 0 aliphatic carbocycles. The van der Waals surface area contributed by atoms with Gasteiger partial charge in [-0.2, -0.15) is 0 Å². The fourth-order valence-corrected chi connectivity index (χ4v) is 5.00. The normalized spacial score (nSPS) is 12.3. The van der Waals surface area contributed by atoms with Crippen molar-refractivity contribution in [1.29, 1.82) is 0 Å². The minimum absolute atomic E-state index is 0.272. The molecule has 0 unspecified atom stereocenters. The Morgan fingerprint density at radius 2 is 2.10 bits per heavy atom. The van der Waals surface area contributed by atoms with E-state index in [1.165, 1.54) is 5.56 Å². The van der Waals surface area contributed by atoms with Crippen molar-refractivity contribution in [2.24, 2.45) is 0 Å². The maximum Gasteiger partial charge on any atom is 0.318 e. The third-order valence-corrected chi connectivity index (χ3v) is 6.56. The summed E-state index contributed by atoms with van der Waals surface area (Å²) in [5.41, 5.74) is 3.70. The number of carbonyl (C=O) groups is 1. The molecule has 5 rings (SSSR count). The zero-order valence-electron chi connectivity index (χ0n) is 16.6. The monoisotopic (exact) mass is 451 g/mol. The van der Waals surface area contributed by atoms with Crippen molar-refractivity contribution in [2.75, 3.05) is 19.0 Å². The molecule has 156 valence electrons. The van der Waals surface area contributed by atoms with Gasteiger partial charge in [0.25, 0.3) is 0 Å². The number of thiophene rings is 1. The molecule has 0 spiro atoms. The van der Waals surface area contributed by atoms with Gasteiger partial charge in [0.1, 0.15) is 12.1 Å². The molecule has 2 amide bonds. The smallest absolute Gasteiger partial charge is 0.318 e. The van der Waals surface area contributed by atoms with Gasteiger partial charge < -0.3 is 15.4 Å². The van der Waals surface area contributed by atoms with Crippen LogP contribution in [0.4, 0.5) is 10.5 Å². The van der Waals surface area contributed by atoms with Crippen LogP contribution in [-0.4, -0.2) is 34.5 Å². The van der Waals surface area contributed by atoms with E-state index < -0.39 is 0 Å². The highest BCUT2D eigenvalue weighted by Crippen LogP contribution is 2.44. The standard InChI is InChI=1S/C22H18ClN5O2S/c1-24-22(29)26-14-6-7-15-18(11-14)30-9-8-13-10-19(31-20(13)15)21-27-25-12-28(21)17-5-3-2-4-16(17)23/h2-7,10-12H,8-9H2,1H3,(H2,24,26,29). The zero-order chi connectivity index (χ0) is 21.4. The number of carbonyl (C=O) groups excluding carboxylic acids is 1. The minimum atomic E-state index is -0.272. The minimum Gasteiger partial charge on any atom is -0.492 e. The number of aromatic nitrogens is 3. The number of amides is 2. The van der Waals surface area contributed by atoms with Crippen molar-refractivity contribution in [2.45, 2.75) is 6.42 Å². The summed E-state index contributed by atoms with van der Waals surface area (Å²) in [6, 6.07) is 15.2. The number of hydrogen-bond acceptors (Lipinski definition) is 5. The van der Waals surface area contributed by atoms with Gasteiger partial charge in [-0.25, -0.2) is 4.79 Å². The van der Waals surface area contributed by atoms with E-state index in [4.69, 9.17) is 16.3 Å². The Hall–Kier alpha value is -3.36. The van der Waals surface area contributed by atoms with Gasteiger partial charge in [0.15, 0.2) is 5.82 Å². The van der Waals surface area contributed by atoms with Gasteiger partial charge in [0.2, 0.25) is 0 Å². The van der Waals surface area contributed by atoms with Crippen LogP contribution in [0.3, 0.4) is 0 Å². The Bertz CT molecular complexity index is 1280. The van der Waals surface area contributed by atoms with Crippen molar-refractivity contribution in [1.82, 2.24) is 20.1 Å². The van der Waals surface area contributed by atoms with E-state index >= 15 is 0 Å². The molecule has 3 heterocycles. The van der Waals surface area contributed by atoms with Crippen LogP contribution in [0, 0.1) is 0 Å². The van der Waals surface area contributed by atoms with Crippen molar-refractivity contribution in [3.8, 4) is 32.6 Å². The third kappa shape index (κ3) is 3.64.